The van der Waals surface area contributed by atoms with Gasteiger partial charge in [-0.05, 0) is 44.2 Å². The summed E-state index contributed by atoms with van der Waals surface area (Å²) in [5.74, 6) is 0.0208. The number of amides is 1. The number of primary amides is 1. The molecule has 5 rings (SSSR count). The second kappa shape index (κ2) is 9.19. The van der Waals surface area contributed by atoms with Crippen LogP contribution in [0.5, 0.6) is 0 Å². The SMILES string of the molecule is NC(=O)C1(Cn2c(Nc3c(Cl)cc(F)cc3Cl)nc3cnc(NC4CCC4)nc32)CCCCC1. The van der Waals surface area contributed by atoms with Crippen molar-refractivity contribution in [3.05, 3.63) is 34.2 Å². The van der Waals surface area contributed by atoms with Crippen LogP contribution in [0.2, 0.25) is 10.0 Å². The highest BCUT2D eigenvalue weighted by Gasteiger charge is 2.39. The van der Waals surface area contributed by atoms with Gasteiger partial charge in [0.15, 0.2) is 5.65 Å². The number of rotatable bonds is 7. The number of hydrogen-bond acceptors (Lipinski definition) is 6. The van der Waals surface area contributed by atoms with Crippen molar-refractivity contribution in [3.8, 4) is 0 Å². The Morgan fingerprint density at radius 2 is 1.85 bits per heavy atom. The molecule has 34 heavy (non-hydrogen) atoms. The average Bonchev–Trinajstić information content (AvgIpc) is 3.10. The number of hydrogen-bond donors (Lipinski definition) is 3. The molecule has 2 aliphatic carbocycles. The van der Waals surface area contributed by atoms with Crippen LogP contribution in [0.1, 0.15) is 51.4 Å². The molecule has 11 heteroatoms. The van der Waals surface area contributed by atoms with Crippen molar-refractivity contribution in [1.82, 2.24) is 19.5 Å². The Balaban J connectivity index is 1.59. The van der Waals surface area contributed by atoms with Crippen molar-refractivity contribution in [2.24, 2.45) is 11.1 Å². The second-order valence-electron chi connectivity index (χ2n) is 9.27. The molecular formula is C23H26Cl2FN7O. The molecule has 8 nitrogen and oxygen atoms in total. The lowest BCUT2D eigenvalue weighted by Crippen LogP contribution is -2.42. The summed E-state index contributed by atoms with van der Waals surface area (Å²) < 4.78 is 15.6. The smallest absolute Gasteiger partial charge is 0.225 e. The zero-order valence-electron chi connectivity index (χ0n) is 18.6. The predicted molar refractivity (Wildman–Crippen MR) is 131 cm³/mol. The van der Waals surface area contributed by atoms with Crippen molar-refractivity contribution in [3.63, 3.8) is 0 Å². The fourth-order valence-electron chi connectivity index (χ4n) is 4.76. The molecule has 2 aromatic heterocycles. The van der Waals surface area contributed by atoms with Gasteiger partial charge in [0.2, 0.25) is 17.8 Å². The number of nitrogens with two attached hydrogens (primary N) is 1. The lowest BCUT2D eigenvalue weighted by Gasteiger charge is -2.35. The van der Waals surface area contributed by atoms with Crippen LogP contribution < -0.4 is 16.4 Å². The summed E-state index contributed by atoms with van der Waals surface area (Å²) in [5.41, 5.74) is 6.65. The van der Waals surface area contributed by atoms with E-state index in [2.05, 4.69) is 20.6 Å². The Bertz CT molecular complexity index is 1210. The zero-order chi connectivity index (χ0) is 23.9. The van der Waals surface area contributed by atoms with Gasteiger partial charge in [0.25, 0.3) is 0 Å². The molecule has 2 fully saturated rings. The highest BCUT2D eigenvalue weighted by molar-refractivity contribution is 6.39. The number of aromatic nitrogens is 4. The van der Waals surface area contributed by atoms with E-state index in [1.807, 2.05) is 4.57 Å². The van der Waals surface area contributed by atoms with E-state index in [1.54, 1.807) is 6.20 Å². The normalized spacial score (nSPS) is 18.0. The zero-order valence-corrected chi connectivity index (χ0v) is 20.1. The fraction of sp³-hybridized carbons (Fsp3) is 0.478. The summed E-state index contributed by atoms with van der Waals surface area (Å²) in [6.07, 6.45) is 9.32. The first-order valence-electron chi connectivity index (χ1n) is 11.6. The van der Waals surface area contributed by atoms with E-state index < -0.39 is 11.2 Å². The maximum absolute atomic E-state index is 13.7. The Labute approximate surface area is 206 Å². The van der Waals surface area contributed by atoms with E-state index in [1.165, 1.54) is 18.6 Å². The van der Waals surface area contributed by atoms with Crippen LogP contribution in [0.4, 0.5) is 22.0 Å². The number of halogens is 3. The van der Waals surface area contributed by atoms with Gasteiger partial charge in [-0.3, -0.25) is 9.36 Å². The van der Waals surface area contributed by atoms with E-state index in [0.29, 0.717) is 54.2 Å². The number of benzene rings is 1. The molecule has 2 saturated carbocycles. The molecule has 0 bridgehead atoms. The van der Waals surface area contributed by atoms with Gasteiger partial charge in [-0.1, -0.05) is 42.5 Å². The Hall–Kier alpha value is -2.65. The maximum atomic E-state index is 13.7. The molecule has 2 aliphatic rings. The fourth-order valence-corrected chi connectivity index (χ4v) is 5.31. The molecule has 0 radical (unpaired) electrons. The van der Waals surface area contributed by atoms with Crippen LogP contribution >= 0.6 is 23.2 Å². The first kappa shape index (κ1) is 23.1. The molecule has 3 aromatic rings. The van der Waals surface area contributed by atoms with Crippen molar-refractivity contribution < 1.29 is 9.18 Å². The van der Waals surface area contributed by atoms with Gasteiger partial charge < -0.3 is 16.4 Å². The minimum absolute atomic E-state index is 0.115. The van der Waals surface area contributed by atoms with E-state index in [4.69, 9.17) is 33.9 Å². The summed E-state index contributed by atoms with van der Waals surface area (Å²) >= 11 is 12.5. The van der Waals surface area contributed by atoms with Gasteiger partial charge >= 0.3 is 0 Å². The molecule has 1 amide bonds. The Morgan fingerprint density at radius 3 is 2.47 bits per heavy atom. The average molecular weight is 506 g/mol. The molecule has 0 unspecified atom stereocenters. The standard InChI is InChI=1S/C23H26Cl2FN7O/c24-15-9-13(26)10-16(25)18(15)31-22-30-17-11-28-21(29-14-5-4-6-14)32-19(17)33(22)12-23(20(27)34)7-2-1-3-8-23/h9-11,14H,1-8,12H2,(H2,27,34)(H,30,31)(H,28,29,32). The van der Waals surface area contributed by atoms with Crippen molar-refractivity contribution in [1.29, 1.82) is 0 Å². The van der Waals surface area contributed by atoms with Crippen molar-refractivity contribution >= 4 is 57.9 Å². The highest BCUT2D eigenvalue weighted by Crippen LogP contribution is 2.40. The first-order valence-corrected chi connectivity index (χ1v) is 12.3. The number of anilines is 3. The number of fused-ring (bicyclic) bond motifs is 1. The van der Waals surface area contributed by atoms with E-state index in [0.717, 1.165) is 32.1 Å². The van der Waals surface area contributed by atoms with E-state index in [-0.39, 0.29) is 16.0 Å². The summed E-state index contributed by atoms with van der Waals surface area (Å²) in [4.78, 5) is 26.5. The largest absolute Gasteiger partial charge is 0.369 e. The minimum Gasteiger partial charge on any atom is -0.369 e. The molecule has 0 atom stereocenters. The number of nitrogens with zero attached hydrogens (tertiary/aromatic N) is 4. The van der Waals surface area contributed by atoms with Crippen LogP contribution in [0, 0.1) is 11.2 Å². The van der Waals surface area contributed by atoms with E-state index in [9.17, 15) is 9.18 Å². The Morgan fingerprint density at radius 1 is 1.15 bits per heavy atom. The van der Waals surface area contributed by atoms with Crippen molar-refractivity contribution in [2.75, 3.05) is 10.6 Å². The summed E-state index contributed by atoms with van der Waals surface area (Å²) in [5, 5.41) is 6.72. The van der Waals surface area contributed by atoms with Gasteiger partial charge in [0.1, 0.15) is 11.3 Å². The van der Waals surface area contributed by atoms with Gasteiger partial charge in [-0.2, -0.15) is 4.98 Å². The lowest BCUT2D eigenvalue weighted by molar-refractivity contribution is -0.130. The minimum atomic E-state index is -0.717. The number of carbonyl (C=O) groups is 1. The van der Waals surface area contributed by atoms with Gasteiger partial charge in [0, 0.05) is 12.6 Å². The lowest BCUT2D eigenvalue weighted by atomic mass is 9.73. The molecule has 4 N–H and O–H groups in total. The molecule has 0 spiro atoms. The van der Waals surface area contributed by atoms with Gasteiger partial charge in [0.05, 0.1) is 27.3 Å². The third-order valence-corrected chi connectivity index (χ3v) is 7.56. The van der Waals surface area contributed by atoms with E-state index >= 15 is 0 Å². The van der Waals surface area contributed by atoms with Crippen LogP contribution in [0.25, 0.3) is 11.2 Å². The predicted octanol–water partition coefficient (Wildman–Crippen LogP) is 5.42. The summed E-state index contributed by atoms with van der Waals surface area (Å²) in [6, 6.07) is 2.71. The summed E-state index contributed by atoms with van der Waals surface area (Å²) in [6.45, 7) is 0.303. The van der Waals surface area contributed by atoms with Crippen LogP contribution in [-0.4, -0.2) is 31.5 Å². The number of carbonyl (C=O) groups excluding carboxylic acids is 1. The van der Waals surface area contributed by atoms with Crippen LogP contribution in [-0.2, 0) is 11.3 Å². The van der Waals surface area contributed by atoms with Crippen LogP contribution in [0.15, 0.2) is 18.3 Å². The third-order valence-electron chi connectivity index (χ3n) is 6.96. The topological polar surface area (TPSA) is 111 Å². The molecule has 0 aliphatic heterocycles. The molecule has 0 saturated heterocycles. The monoisotopic (exact) mass is 505 g/mol. The second-order valence-corrected chi connectivity index (χ2v) is 10.1. The number of nitrogens with one attached hydrogen (secondary N) is 2. The quantitative estimate of drug-likeness (QED) is 0.395. The molecule has 2 heterocycles. The molecule has 1 aromatic carbocycles. The first-order chi connectivity index (χ1) is 16.3. The third kappa shape index (κ3) is 4.38. The highest BCUT2D eigenvalue weighted by atomic mass is 35.5. The van der Waals surface area contributed by atoms with Crippen LogP contribution in [0.3, 0.4) is 0 Å². The maximum Gasteiger partial charge on any atom is 0.225 e. The Kier molecular flexibility index (Phi) is 6.24. The number of imidazole rings is 1. The summed E-state index contributed by atoms with van der Waals surface area (Å²) in [7, 11) is 0. The molecular weight excluding hydrogens is 480 g/mol. The van der Waals surface area contributed by atoms with Gasteiger partial charge in [-0.25, -0.2) is 14.4 Å². The van der Waals surface area contributed by atoms with Gasteiger partial charge in [-0.15, -0.1) is 0 Å². The van der Waals surface area contributed by atoms with Crippen molar-refractivity contribution in [2.45, 2.75) is 64.0 Å². The molecule has 180 valence electrons.